The van der Waals surface area contributed by atoms with Crippen molar-refractivity contribution in [2.45, 2.75) is 13.8 Å². The van der Waals surface area contributed by atoms with Gasteiger partial charge in [0.15, 0.2) is 0 Å². The smallest absolute Gasteiger partial charge is 0 e. The molecule has 0 spiro atoms. The van der Waals surface area contributed by atoms with E-state index < -0.39 is 0 Å². The third-order valence-corrected chi connectivity index (χ3v) is 1.05. The van der Waals surface area contributed by atoms with Crippen LogP contribution in [0.1, 0.15) is 13.8 Å². The van der Waals surface area contributed by atoms with Crippen LogP contribution in [0.4, 0.5) is 0 Å². The van der Waals surface area contributed by atoms with E-state index in [-0.39, 0.29) is 32.7 Å². The van der Waals surface area contributed by atoms with Gasteiger partial charge in [-0.25, -0.2) is 0 Å². The van der Waals surface area contributed by atoms with Crippen LogP contribution in [0.25, 0.3) is 0 Å². The Balaban J connectivity index is 0. The fourth-order valence-corrected chi connectivity index (χ4v) is 0.174. The maximum absolute atomic E-state index is 3.72. The van der Waals surface area contributed by atoms with Crippen LogP contribution >= 0.6 is 0 Å². The molecule has 0 aromatic rings. The molecule has 0 N–H and O–H groups in total. The Labute approximate surface area is 76.9 Å². The molecule has 0 aromatic heterocycles. The standard InChI is InChI=1S/C7H11.Y/c1-5-7(4)6(2)3;/h7H,1-2H2,3-4H3;/q-1;. The summed E-state index contributed by atoms with van der Waals surface area (Å²) in [4.78, 5) is 0. The predicted octanol–water partition coefficient (Wildman–Crippen LogP) is 2.19. The van der Waals surface area contributed by atoms with Crippen LogP contribution in [-0.2, 0) is 32.7 Å². The van der Waals surface area contributed by atoms with Gasteiger partial charge in [-0.2, -0.15) is 5.92 Å². The molecule has 0 fully saturated rings. The Morgan fingerprint density at radius 1 is 1.62 bits per heavy atom. The Hall–Kier alpha value is 0.584. The molecule has 8 heavy (non-hydrogen) atoms. The SMILES string of the molecule is C=[C-]C(C)C(=C)C.[Y]. The van der Waals surface area contributed by atoms with Gasteiger partial charge in [-0.3, -0.25) is 6.58 Å². The zero-order valence-corrected chi connectivity index (χ0v) is 8.41. The molecule has 0 rings (SSSR count). The van der Waals surface area contributed by atoms with Gasteiger partial charge in [-0.1, -0.05) is 6.92 Å². The first-order valence-corrected chi connectivity index (χ1v) is 2.36. The molecule has 0 saturated carbocycles. The van der Waals surface area contributed by atoms with Crippen molar-refractivity contribution in [3.05, 3.63) is 24.8 Å². The van der Waals surface area contributed by atoms with Gasteiger partial charge in [0, 0.05) is 32.7 Å². The Morgan fingerprint density at radius 2 is 2.00 bits per heavy atom. The van der Waals surface area contributed by atoms with Crippen LogP contribution in [0.2, 0.25) is 0 Å². The van der Waals surface area contributed by atoms with E-state index >= 15 is 0 Å². The molecule has 1 radical (unpaired) electrons. The average molecular weight is 184 g/mol. The molecule has 1 atom stereocenters. The Morgan fingerprint density at radius 3 is 2.00 bits per heavy atom. The Bertz CT molecular complexity index is 84.4. The van der Waals surface area contributed by atoms with Crippen LogP contribution < -0.4 is 0 Å². The minimum Gasteiger partial charge on any atom is -0.497 e. The van der Waals surface area contributed by atoms with Gasteiger partial charge >= 0.3 is 0 Å². The minimum absolute atomic E-state index is 0. The summed E-state index contributed by atoms with van der Waals surface area (Å²) in [6.45, 7) is 11.2. The quantitative estimate of drug-likeness (QED) is 0.455. The summed E-state index contributed by atoms with van der Waals surface area (Å²) in [5.41, 5.74) is 1.12. The van der Waals surface area contributed by atoms with Gasteiger partial charge < -0.3 is 6.08 Å². The topological polar surface area (TPSA) is 0 Å². The van der Waals surface area contributed by atoms with Crippen molar-refractivity contribution in [1.82, 2.24) is 0 Å². The fourth-order valence-electron chi connectivity index (χ4n) is 0.174. The summed E-state index contributed by atoms with van der Waals surface area (Å²) in [5, 5.41) is 0. The van der Waals surface area contributed by atoms with Crippen LogP contribution in [-0.4, -0.2) is 0 Å². The minimum atomic E-state index is 0. The zero-order chi connectivity index (χ0) is 5.86. The van der Waals surface area contributed by atoms with Crippen molar-refractivity contribution in [2.75, 3.05) is 0 Å². The van der Waals surface area contributed by atoms with Crippen LogP contribution in [0.3, 0.4) is 0 Å². The molecule has 0 aliphatic rings. The summed E-state index contributed by atoms with van der Waals surface area (Å²) >= 11 is 0. The van der Waals surface area contributed by atoms with Gasteiger partial charge in [0.25, 0.3) is 0 Å². The average Bonchev–Trinajstić information content (AvgIpc) is 1.65. The summed E-state index contributed by atoms with van der Waals surface area (Å²) in [6, 6.07) is 0. The third-order valence-electron chi connectivity index (χ3n) is 1.05. The Kier molecular flexibility index (Phi) is 8.14. The second-order valence-corrected chi connectivity index (χ2v) is 1.77. The van der Waals surface area contributed by atoms with Gasteiger partial charge in [-0.05, 0) is 6.92 Å². The molecule has 0 bridgehead atoms. The fraction of sp³-hybridized carbons (Fsp3) is 0.429. The predicted molar refractivity (Wildman–Crippen MR) is 32.8 cm³/mol. The molecule has 0 heterocycles. The van der Waals surface area contributed by atoms with E-state index in [9.17, 15) is 0 Å². The molecule has 0 aliphatic carbocycles. The van der Waals surface area contributed by atoms with Crippen LogP contribution in [0.15, 0.2) is 18.7 Å². The first-order valence-electron chi connectivity index (χ1n) is 2.36. The molecule has 0 saturated heterocycles. The first-order chi connectivity index (χ1) is 3.18. The molecule has 43 valence electrons. The molecule has 1 heteroatoms. The van der Waals surface area contributed by atoms with Gasteiger partial charge in [0.05, 0.1) is 0 Å². The van der Waals surface area contributed by atoms with E-state index in [0.29, 0.717) is 5.92 Å². The van der Waals surface area contributed by atoms with E-state index in [1.165, 1.54) is 0 Å². The van der Waals surface area contributed by atoms with Crippen molar-refractivity contribution in [3.63, 3.8) is 0 Å². The van der Waals surface area contributed by atoms with Gasteiger partial charge in [0.2, 0.25) is 0 Å². The molecule has 0 amide bonds. The summed E-state index contributed by atoms with van der Waals surface area (Å²) in [7, 11) is 0. The molecule has 0 aromatic carbocycles. The van der Waals surface area contributed by atoms with Crippen molar-refractivity contribution >= 4 is 0 Å². The van der Waals surface area contributed by atoms with Crippen molar-refractivity contribution in [2.24, 2.45) is 5.92 Å². The molecule has 1 unspecified atom stereocenters. The van der Waals surface area contributed by atoms with Crippen molar-refractivity contribution in [3.8, 4) is 0 Å². The summed E-state index contributed by atoms with van der Waals surface area (Å²) < 4.78 is 0. The number of hydrogen-bond acceptors (Lipinski definition) is 0. The van der Waals surface area contributed by atoms with E-state index in [1.54, 1.807) is 0 Å². The maximum Gasteiger partial charge on any atom is 0 e. The first kappa shape index (κ1) is 11.4. The monoisotopic (exact) mass is 184 g/mol. The number of hydrogen-bond donors (Lipinski definition) is 0. The summed E-state index contributed by atoms with van der Waals surface area (Å²) in [6.07, 6.45) is 2.81. The molecular weight excluding hydrogens is 173 g/mol. The second kappa shape index (κ2) is 5.72. The van der Waals surface area contributed by atoms with Gasteiger partial charge in [0.1, 0.15) is 0 Å². The van der Waals surface area contributed by atoms with Gasteiger partial charge in [-0.15, -0.1) is 12.2 Å². The molecule has 0 aliphatic heterocycles. The van der Waals surface area contributed by atoms with E-state index in [0.717, 1.165) is 5.57 Å². The van der Waals surface area contributed by atoms with E-state index in [4.69, 9.17) is 0 Å². The number of allylic oxidation sites excluding steroid dienone is 2. The van der Waals surface area contributed by atoms with E-state index in [2.05, 4.69) is 19.2 Å². The largest absolute Gasteiger partial charge is 0.497 e. The van der Waals surface area contributed by atoms with E-state index in [1.807, 2.05) is 13.8 Å². The maximum atomic E-state index is 3.72. The van der Waals surface area contributed by atoms with Crippen molar-refractivity contribution < 1.29 is 32.7 Å². The van der Waals surface area contributed by atoms with Crippen LogP contribution in [0, 0.1) is 12.0 Å². The normalized spacial score (nSPS) is 11.2. The molecule has 0 nitrogen and oxygen atoms in total. The van der Waals surface area contributed by atoms with Crippen molar-refractivity contribution in [1.29, 1.82) is 0 Å². The summed E-state index contributed by atoms with van der Waals surface area (Å²) in [5.74, 6) is 0.347. The number of rotatable bonds is 2. The van der Waals surface area contributed by atoms with Crippen LogP contribution in [0.5, 0.6) is 0 Å². The third kappa shape index (κ3) is 4.74. The molecular formula is C7H11Y-. The zero-order valence-electron chi connectivity index (χ0n) is 5.57. The second-order valence-electron chi connectivity index (χ2n) is 1.77.